The van der Waals surface area contributed by atoms with Crippen LogP contribution in [0, 0.1) is 5.92 Å². The van der Waals surface area contributed by atoms with Gasteiger partial charge in [-0.15, -0.1) is 11.6 Å². The van der Waals surface area contributed by atoms with Crippen LogP contribution in [0.3, 0.4) is 0 Å². The number of methoxy groups -OCH3 is 1. The zero-order chi connectivity index (χ0) is 15.3. The lowest BCUT2D eigenvalue weighted by molar-refractivity contribution is 0.157. The number of hydrogen-bond acceptors (Lipinski definition) is 3. The summed E-state index contributed by atoms with van der Waals surface area (Å²) in [6, 6.07) is 7.15. The summed E-state index contributed by atoms with van der Waals surface area (Å²) in [5.41, 5.74) is 1.12. The molecule has 0 radical (unpaired) electrons. The van der Waals surface area contributed by atoms with E-state index >= 15 is 0 Å². The standard InChI is InChI=1S/C15H22ClNO3S/c1-20-12-14-8-10-17(11-14)21(18,19)15-6-4-13(5-7-15)3-2-9-16/h4-7,14H,2-3,8-12H2,1H3. The van der Waals surface area contributed by atoms with Crippen molar-refractivity contribution in [3.63, 3.8) is 0 Å². The largest absolute Gasteiger partial charge is 0.384 e. The third kappa shape index (κ3) is 4.19. The van der Waals surface area contributed by atoms with Crippen molar-refractivity contribution in [2.75, 3.05) is 32.7 Å². The van der Waals surface area contributed by atoms with Gasteiger partial charge in [-0.3, -0.25) is 0 Å². The topological polar surface area (TPSA) is 46.6 Å². The molecule has 0 spiro atoms. The maximum atomic E-state index is 12.6. The molecule has 1 aromatic rings. The second-order valence-corrected chi connectivity index (χ2v) is 7.73. The summed E-state index contributed by atoms with van der Waals surface area (Å²) >= 11 is 5.67. The molecular formula is C15H22ClNO3S. The molecule has 4 nitrogen and oxygen atoms in total. The first-order valence-electron chi connectivity index (χ1n) is 7.22. The van der Waals surface area contributed by atoms with Crippen molar-refractivity contribution in [2.24, 2.45) is 5.92 Å². The Morgan fingerprint density at radius 2 is 2.05 bits per heavy atom. The Kier molecular flexibility index (Phi) is 6.05. The van der Waals surface area contributed by atoms with Crippen LogP contribution in [0.5, 0.6) is 0 Å². The zero-order valence-electron chi connectivity index (χ0n) is 12.3. The van der Waals surface area contributed by atoms with Gasteiger partial charge in [-0.2, -0.15) is 4.31 Å². The average Bonchev–Trinajstić information content (AvgIpc) is 2.95. The van der Waals surface area contributed by atoms with Crippen molar-refractivity contribution >= 4 is 21.6 Å². The van der Waals surface area contributed by atoms with Crippen LogP contribution >= 0.6 is 11.6 Å². The smallest absolute Gasteiger partial charge is 0.243 e. The van der Waals surface area contributed by atoms with Gasteiger partial charge in [0.15, 0.2) is 0 Å². The molecule has 21 heavy (non-hydrogen) atoms. The lowest BCUT2D eigenvalue weighted by Crippen LogP contribution is -2.29. The SMILES string of the molecule is COCC1CCN(S(=O)(=O)c2ccc(CCCCl)cc2)C1. The van der Waals surface area contributed by atoms with Gasteiger partial charge < -0.3 is 4.74 Å². The summed E-state index contributed by atoms with van der Waals surface area (Å²) in [5.74, 6) is 0.919. The predicted molar refractivity (Wildman–Crippen MR) is 84.2 cm³/mol. The van der Waals surface area contributed by atoms with E-state index < -0.39 is 10.0 Å². The minimum atomic E-state index is -3.38. The molecule has 0 aromatic heterocycles. The Morgan fingerprint density at radius 3 is 2.67 bits per heavy atom. The number of benzene rings is 1. The highest BCUT2D eigenvalue weighted by Gasteiger charge is 2.32. The highest BCUT2D eigenvalue weighted by Crippen LogP contribution is 2.24. The van der Waals surface area contributed by atoms with Crippen LogP contribution in [-0.2, 0) is 21.2 Å². The molecule has 1 aliphatic rings. The van der Waals surface area contributed by atoms with Crippen molar-refractivity contribution in [3.05, 3.63) is 29.8 Å². The summed E-state index contributed by atoms with van der Waals surface area (Å²) < 4.78 is 31.8. The second kappa shape index (κ2) is 7.58. The van der Waals surface area contributed by atoms with E-state index in [1.165, 1.54) is 0 Å². The molecule has 0 N–H and O–H groups in total. The first kappa shape index (κ1) is 16.7. The lowest BCUT2D eigenvalue weighted by atomic mass is 10.1. The Labute approximate surface area is 132 Å². The number of halogens is 1. The molecular weight excluding hydrogens is 310 g/mol. The van der Waals surface area contributed by atoms with Gasteiger partial charge in [0.2, 0.25) is 10.0 Å². The summed E-state index contributed by atoms with van der Waals surface area (Å²) in [7, 11) is -1.73. The van der Waals surface area contributed by atoms with Gasteiger partial charge in [0.05, 0.1) is 11.5 Å². The number of alkyl halides is 1. The fraction of sp³-hybridized carbons (Fsp3) is 0.600. The monoisotopic (exact) mass is 331 g/mol. The van der Waals surface area contributed by atoms with E-state index in [4.69, 9.17) is 16.3 Å². The molecule has 1 saturated heterocycles. The van der Waals surface area contributed by atoms with E-state index in [0.717, 1.165) is 24.8 Å². The van der Waals surface area contributed by atoms with Crippen molar-refractivity contribution in [3.8, 4) is 0 Å². The molecule has 0 saturated carbocycles. The fourth-order valence-corrected chi connectivity index (χ4v) is 4.30. The molecule has 1 aromatic carbocycles. The molecule has 0 amide bonds. The molecule has 6 heteroatoms. The van der Waals surface area contributed by atoms with E-state index in [2.05, 4.69) is 0 Å². The van der Waals surface area contributed by atoms with E-state index in [1.807, 2.05) is 12.1 Å². The maximum absolute atomic E-state index is 12.6. The first-order valence-corrected chi connectivity index (χ1v) is 9.19. The summed E-state index contributed by atoms with van der Waals surface area (Å²) in [6.07, 6.45) is 2.64. The van der Waals surface area contributed by atoms with Crippen LogP contribution < -0.4 is 0 Å². The summed E-state index contributed by atoms with van der Waals surface area (Å²) in [6.45, 7) is 1.73. The van der Waals surface area contributed by atoms with Crippen LogP contribution in [0.15, 0.2) is 29.2 Å². The quantitative estimate of drug-likeness (QED) is 0.721. The Morgan fingerprint density at radius 1 is 1.33 bits per heavy atom. The van der Waals surface area contributed by atoms with Crippen molar-refractivity contribution < 1.29 is 13.2 Å². The molecule has 0 aliphatic carbocycles. The number of hydrogen-bond donors (Lipinski definition) is 0. The molecule has 1 heterocycles. The van der Waals surface area contributed by atoms with E-state index in [0.29, 0.717) is 36.4 Å². The molecule has 1 fully saturated rings. The first-order chi connectivity index (χ1) is 10.1. The fourth-order valence-electron chi connectivity index (χ4n) is 2.64. The molecule has 1 atom stereocenters. The van der Waals surface area contributed by atoms with Crippen LogP contribution in [0.4, 0.5) is 0 Å². The predicted octanol–water partition coefficient (Wildman–Crippen LogP) is 2.52. The second-order valence-electron chi connectivity index (χ2n) is 5.41. The molecule has 1 unspecified atom stereocenters. The van der Waals surface area contributed by atoms with E-state index in [-0.39, 0.29) is 0 Å². The lowest BCUT2D eigenvalue weighted by Gasteiger charge is -2.16. The Hall–Kier alpha value is -0.620. The van der Waals surface area contributed by atoms with Crippen molar-refractivity contribution in [1.82, 2.24) is 4.31 Å². The Bertz CT molecular complexity index is 545. The number of aryl methyl sites for hydroxylation is 1. The zero-order valence-corrected chi connectivity index (χ0v) is 13.9. The minimum absolute atomic E-state index is 0.299. The summed E-state index contributed by atoms with van der Waals surface area (Å²) in [4.78, 5) is 0.371. The van der Waals surface area contributed by atoms with E-state index in [1.54, 1.807) is 23.5 Å². The van der Waals surface area contributed by atoms with Crippen LogP contribution in [-0.4, -0.2) is 45.4 Å². The van der Waals surface area contributed by atoms with Gasteiger partial charge in [0.1, 0.15) is 0 Å². The normalized spacial score (nSPS) is 20.0. The third-order valence-electron chi connectivity index (χ3n) is 3.81. The number of sulfonamides is 1. The average molecular weight is 332 g/mol. The van der Waals surface area contributed by atoms with Crippen LogP contribution in [0.2, 0.25) is 0 Å². The number of nitrogens with zero attached hydrogens (tertiary/aromatic N) is 1. The highest BCUT2D eigenvalue weighted by atomic mass is 35.5. The van der Waals surface area contributed by atoms with Gasteiger partial charge in [-0.25, -0.2) is 8.42 Å². The Balaban J connectivity index is 2.06. The van der Waals surface area contributed by atoms with Gasteiger partial charge in [0, 0.05) is 26.1 Å². The van der Waals surface area contributed by atoms with Gasteiger partial charge in [-0.1, -0.05) is 12.1 Å². The van der Waals surface area contributed by atoms with Gasteiger partial charge >= 0.3 is 0 Å². The van der Waals surface area contributed by atoms with Gasteiger partial charge in [-0.05, 0) is 42.9 Å². The van der Waals surface area contributed by atoms with Crippen molar-refractivity contribution in [2.45, 2.75) is 24.2 Å². The molecule has 2 rings (SSSR count). The van der Waals surface area contributed by atoms with Crippen LogP contribution in [0.25, 0.3) is 0 Å². The molecule has 1 aliphatic heterocycles. The molecule has 0 bridgehead atoms. The minimum Gasteiger partial charge on any atom is -0.384 e. The van der Waals surface area contributed by atoms with Crippen molar-refractivity contribution in [1.29, 1.82) is 0 Å². The number of rotatable bonds is 7. The number of ether oxygens (including phenoxy) is 1. The van der Waals surface area contributed by atoms with Crippen LogP contribution in [0.1, 0.15) is 18.4 Å². The van der Waals surface area contributed by atoms with E-state index in [9.17, 15) is 8.42 Å². The third-order valence-corrected chi connectivity index (χ3v) is 5.96. The summed E-state index contributed by atoms with van der Waals surface area (Å²) in [5, 5.41) is 0. The highest BCUT2D eigenvalue weighted by molar-refractivity contribution is 7.89. The van der Waals surface area contributed by atoms with Gasteiger partial charge in [0.25, 0.3) is 0 Å². The molecule has 118 valence electrons. The maximum Gasteiger partial charge on any atom is 0.243 e.